The zero-order valence-corrected chi connectivity index (χ0v) is 14.8. The molecular formula is C19H21N3O4. The summed E-state index contributed by atoms with van der Waals surface area (Å²) in [4.78, 5) is 34.3. The Balaban J connectivity index is 1.64. The van der Waals surface area contributed by atoms with Crippen molar-refractivity contribution in [2.45, 2.75) is 38.6 Å². The topological polar surface area (TPSA) is 84.5 Å². The zero-order valence-electron chi connectivity index (χ0n) is 14.8. The molecule has 0 radical (unpaired) electrons. The summed E-state index contributed by atoms with van der Waals surface area (Å²) < 4.78 is 10.7. The first kappa shape index (κ1) is 16.6. The van der Waals surface area contributed by atoms with Gasteiger partial charge in [0.15, 0.2) is 11.5 Å². The van der Waals surface area contributed by atoms with E-state index < -0.39 is 0 Å². The average Bonchev–Trinajstić information content (AvgIpc) is 3.29. The van der Waals surface area contributed by atoms with E-state index in [0.717, 1.165) is 18.5 Å². The molecule has 1 aromatic carbocycles. The Bertz CT molecular complexity index is 906. The van der Waals surface area contributed by atoms with E-state index >= 15 is 0 Å². The van der Waals surface area contributed by atoms with E-state index in [9.17, 15) is 9.59 Å². The Morgan fingerprint density at radius 3 is 2.88 bits per heavy atom. The van der Waals surface area contributed by atoms with Gasteiger partial charge in [-0.25, -0.2) is 4.98 Å². The molecule has 2 aliphatic heterocycles. The molecule has 1 atom stereocenters. The highest BCUT2D eigenvalue weighted by Gasteiger charge is 2.33. The molecule has 7 heteroatoms. The molecule has 2 aliphatic rings. The molecule has 1 saturated heterocycles. The number of fused-ring (bicyclic) bond motifs is 1. The molecule has 1 aromatic heterocycles. The van der Waals surface area contributed by atoms with Crippen LogP contribution in [-0.2, 0) is 0 Å². The van der Waals surface area contributed by atoms with Crippen molar-refractivity contribution in [3.63, 3.8) is 0 Å². The van der Waals surface area contributed by atoms with E-state index in [1.54, 1.807) is 23.1 Å². The Kier molecular flexibility index (Phi) is 4.14. The summed E-state index contributed by atoms with van der Waals surface area (Å²) in [7, 11) is 0. The van der Waals surface area contributed by atoms with E-state index in [1.165, 1.54) is 6.07 Å². The van der Waals surface area contributed by atoms with Crippen molar-refractivity contribution in [1.82, 2.24) is 14.9 Å². The van der Waals surface area contributed by atoms with E-state index in [0.29, 0.717) is 29.4 Å². The third-order valence-electron chi connectivity index (χ3n) is 4.82. The number of amides is 1. The van der Waals surface area contributed by atoms with Gasteiger partial charge >= 0.3 is 0 Å². The van der Waals surface area contributed by atoms with E-state index in [-0.39, 0.29) is 30.2 Å². The number of hydrogen-bond acceptors (Lipinski definition) is 5. The lowest BCUT2D eigenvalue weighted by Gasteiger charge is -2.24. The molecule has 2 aromatic rings. The molecule has 0 unspecified atom stereocenters. The summed E-state index contributed by atoms with van der Waals surface area (Å²) in [6, 6.07) is 6.50. The highest BCUT2D eigenvalue weighted by Crippen LogP contribution is 2.35. The molecule has 0 bridgehead atoms. The van der Waals surface area contributed by atoms with Crippen molar-refractivity contribution in [3.8, 4) is 11.5 Å². The predicted octanol–water partition coefficient (Wildman–Crippen LogP) is 2.60. The Hall–Kier alpha value is -2.83. The molecule has 3 heterocycles. The second kappa shape index (κ2) is 6.48. The normalized spacial score (nSPS) is 18.6. The largest absolute Gasteiger partial charge is 0.454 e. The first-order valence-electron chi connectivity index (χ1n) is 8.84. The zero-order chi connectivity index (χ0) is 18.3. The quantitative estimate of drug-likeness (QED) is 0.915. The Labute approximate surface area is 151 Å². The maximum atomic E-state index is 13.0. The van der Waals surface area contributed by atoms with Gasteiger partial charge in [0, 0.05) is 18.2 Å². The van der Waals surface area contributed by atoms with E-state index in [1.807, 2.05) is 13.8 Å². The second-order valence-electron chi connectivity index (χ2n) is 6.93. The molecule has 4 rings (SSSR count). The molecule has 26 heavy (non-hydrogen) atoms. The first-order chi connectivity index (χ1) is 12.5. The Morgan fingerprint density at radius 2 is 2.08 bits per heavy atom. The van der Waals surface area contributed by atoms with Gasteiger partial charge in [-0.1, -0.05) is 13.8 Å². The molecule has 1 amide bonds. The number of aromatic nitrogens is 2. The standard InChI is InChI=1S/C19H21N3O4/c1-11(2)13-9-17(23)21-18(20-13)14-4-3-7-22(14)19(24)12-5-6-15-16(8-12)26-10-25-15/h5-6,8-9,11,14H,3-4,7,10H2,1-2H3,(H,20,21,23)/t14-/m0/s1. The molecular weight excluding hydrogens is 334 g/mol. The lowest BCUT2D eigenvalue weighted by atomic mass is 10.1. The number of carbonyl (C=O) groups is 1. The predicted molar refractivity (Wildman–Crippen MR) is 94.5 cm³/mol. The highest BCUT2D eigenvalue weighted by atomic mass is 16.7. The number of nitrogens with one attached hydrogen (secondary N) is 1. The minimum Gasteiger partial charge on any atom is -0.454 e. The summed E-state index contributed by atoms with van der Waals surface area (Å²) in [5, 5.41) is 0. The average molecular weight is 355 g/mol. The number of nitrogens with zero attached hydrogens (tertiary/aromatic N) is 2. The van der Waals surface area contributed by atoms with Crippen LogP contribution in [0.5, 0.6) is 11.5 Å². The van der Waals surface area contributed by atoms with Crippen LogP contribution in [0.2, 0.25) is 0 Å². The molecule has 7 nitrogen and oxygen atoms in total. The van der Waals surface area contributed by atoms with Crippen LogP contribution in [0.1, 0.15) is 60.5 Å². The lowest BCUT2D eigenvalue weighted by molar-refractivity contribution is 0.0729. The summed E-state index contributed by atoms with van der Waals surface area (Å²) in [5.41, 5.74) is 1.11. The summed E-state index contributed by atoms with van der Waals surface area (Å²) >= 11 is 0. The molecule has 0 spiro atoms. The van der Waals surface area contributed by atoms with Crippen LogP contribution in [-0.4, -0.2) is 34.1 Å². The van der Waals surface area contributed by atoms with Crippen LogP contribution in [0.4, 0.5) is 0 Å². The first-order valence-corrected chi connectivity index (χ1v) is 8.84. The monoisotopic (exact) mass is 355 g/mol. The molecule has 0 saturated carbocycles. The second-order valence-corrected chi connectivity index (χ2v) is 6.93. The van der Waals surface area contributed by atoms with Crippen LogP contribution in [0.25, 0.3) is 0 Å². The van der Waals surface area contributed by atoms with Crippen molar-refractivity contribution in [2.75, 3.05) is 13.3 Å². The maximum absolute atomic E-state index is 13.0. The molecule has 1 N–H and O–H groups in total. The number of benzene rings is 1. The molecule has 1 fully saturated rings. The fraction of sp³-hybridized carbons (Fsp3) is 0.421. The lowest BCUT2D eigenvalue weighted by Crippen LogP contribution is -2.32. The van der Waals surface area contributed by atoms with E-state index in [2.05, 4.69) is 9.97 Å². The number of aromatic amines is 1. The minimum absolute atomic E-state index is 0.0941. The third-order valence-corrected chi connectivity index (χ3v) is 4.82. The Morgan fingerprint density at radius 1 is 1.27 bits per heavy atom. The number of rotatable bonds is 3. The van der Waals surface area contributed by atoms with Gasteiger partial charge in [0.2, 0.25) is 6.79 Å². The number of carbonyl (C=O) groups excluding carboxylic acids is 1. The maximum Gasteiger partial charge on any atom is 0.254 e. The van der Waals surface area contributed by atoms with Crippen LogP contribution in [0.15, 0.2) is 29.1 Å². The van der Waals surface area contributed by atoms with Crippen molar-refractivity contribution in [3.05, 3.63) is 51.7 Å². The van der Waals surface area contributed by atoms with Gasteiger partial charge in [-0.05, 0) is 37.0 Å². The number of H-pyrrole nitrogens is 1. The summed E-state index contributed by atoms with van der Waals surface area (Å²) in [6.45, 7) is 4.80. The van der Waals surface area contributed by atoms with Gasteiger partial charge in [-0.2, -0.15) is 0 Å². The van der Waals surface area contributed by atoms with Gasteiger partial charge in [-0.3, -0.25) is 9.59 Å². The molecule has 136 valence electrons. The fourth-order valence-electron chi connectivity index (χ4n) is 3.44. The number of likely N-dealkylation sites (tertiary alicyclic amines) is 1. The SMILES string of the molecule is CC(C)c1cc(=O)[nH]c([C@@H]2CCCN2C(=O)c2ccc3c(c2)OCO3)n1. The smallest absolute Gasteiger partial charge is 0.254 e. The fourth-order valence-corrected chi connectivity index (χ4v) is 3.44. The van der Waals surface area contributed by atoms with Gasteiger partial charge in [0.1, 0.15) is 5.82 Å². The van der Waals surface area contributed by atoms with Crippen LogP contribution < -0.4 is 15.0 Å². The van der Waals surface area contributed by atoms with Crippen molar-refractivity contribution in [2.24, 2.45) is 0 Å². The van der Waals surface area contributed by atoms with Crippen LogP contribution in [0, 0.1) is 0 Å². The third kappa shape index (κ3) is 2.94. The van der Waals surface area contributed by atoms with Crippen molar-refractivity contribution < 1.29 is 14.3 Å². The summed E-state index contributed by atoms with van der Waals surface area (Å²) in [5.74, 6) is 1.85. The number of hydrogen-bond donors (Lipinski definition) is 1. The number of ether oxygens (including phenoxy) is 2. The van der Waals surface area contributed by atoms with Crippen molar-refractivity contribution >= 4 is 5.91 Å². The van der Waals surface area contributed by atoms with Gasteiger partial charge in [-0.15, -0.1) is 0 Å². The highest BCUT2D eigenvalue weighted by molar-refractivity contribution is 5.95. The molecule has 0 aliphatic carbocycles. The van der Waals surface area contributed by atoms with Crippen LogP contribution in [0.3, 0.4) is 0 Å². The van der Waals surface area contributed by atoms with Gasteiger partial charge < -0.3 is 19.4 Å². The van der Waals surface area contributed by atoms with Crippen LogP contribution >= 0.6 is 0 Å². The summed E-state index contributed by atoms with van der Waals surface area (Å²) in [6.07, 6.45) is 1.65. The van der Waals surface area contributed by atoms with Gasteiger partial charge in [0.05, 0.1) is 11.7 Å². The minimum atomic E-state index is -0.223. The van der Waals surface area contributed by atoms with Crippen molar-refractivity contribution in [1.29, 1.82) is 0 Å². The van der Waals surface area contributed by atoms with E-state index in [4.69, 9.17) is 9.47 Å². The van der Waals surface area contributed by atoms with Gasteiger partial charge in [0.25, 0.3) is 11.5 Å².